The number of ether oxygens (including phenoxy) is 2. The molecule has 1 spiro atoms. The summed E-state index contributed by atoms with van der Waals surface area (Å²) in [5, 5.41) is 0. The summed E-state index contributed by atoms with van der Waals surface area (Å²) in [6.45, 7) is 1.49. The van der Waals surface area contributed by atoms with Gasteiger partial charge in [0.05, 0.1) is 18.7 Å². The summed E-state index contributed by atoms with van der Waals surface area (Å²) in [5.74, 6) is -0.855. The Kier molecular flexibility index (Phi) is 4.42. The third-order valence-corrected chi connectivity index (χ3v) is 6.64. The number of morpholine rings is 1. The molecule has 0 unspecified atom stereocenters. The van der Waals surface area contributed by atoms with Gasteiger partial charge in [0.2, 0.25) is 5.85 Å². The second kappa shape index (κ2) is 7.31. The van der Waals surface area contributed by atoms with Crippen LogP contribution in [-0.2, 0) is 20.8 Å². The first kappa shape index (κ1) is 18.8. The largest absolute Gasteiger partial charge is 0.372 e. The monoisotopic (exact) mass is 412 g/mol. The Bertz CT molecular complexity index is 1080. The summed E-state index contributed by atoms with van der Waals surface area (Å²) >= 11 is 0. The molecule has 3 saturated heterocycles. The highest BCUT2D eigenvalue weighted by atomic mass is 16.6. The van der Waals surface area contributed by atoms with Gasteiger partial charge >= 0.3 is 0 Å². The molecule has 0 aromatic heterocycles. The van der Waals surface area contributed by atoms with Gasteiger partial charge in [0.25, 0.3) is 5.91 Å². The van der Waals surface area contributed by atoms with E-state index in [1.807, 2.05) is 59.5 Å². The molecular formula is C26H24N2O3. The van der Waals surface area contributed by atoms with Crippen molar-refractivity contribution < 1.29 is 14.3 Å². The van der Waals surface area contributed by atoms with Gasteiger partial charge in [-0.05, 0) is 16.7 Å². The van der Waals surface area contributed by atoms with Crippen molar-refractivity contribution in [2.75, 3.05) is 13.2 Å². The van der Waals surface area contributed by atoms with Gasteiger partial charge in [-0.3, -0.25) is 9.69 Å². The number of carbonyl (C=O) groups is 1. The standard InChI is InChI=1S/C26H24N2O3/c29-25-24-23(21-14-8-3-9-15-21)27(16-19-10-4-1-5-11-19)26(31-24)18-30-17-22(28(25)26)20-12-6-2-7-13-20/h1-15,22-24H,16-18H2/t22-,23+,24-,26+/m0/s1. The molecule has 3 aromatic rings. The molecule has 0 aliphatic carbocycles. The lowest BCUT2D eigenvalue weighted by Crippen LogP contribution is -2.67. The van der Waals surface area contributed by atoms with Crippen molar-refractivity contribution in [2.45, 2.75) is 30.6 Å². The Morgan fingerprint density at radius 2 is 1.45 bits per heavy atom. The van der Waals surface area contributed by atoms with Crippen LogP contribution in [-0.4, -0.2) is 40.9 Å². The fourth-order valence-corrected chi connectivity index (χ4v) is 5.30. The molecule has 0 saturated carbocycles. The second-order valence-corrected chi connectivity index (χ2v) is 8.40. The first-order valence-electron chi connectivity index (χ1n) is 10.8. The third-order valence-electron chi connectivity index (χ3n) is 6.64. The highest BCUT2D eigenvalue weighted by Crippen LogP contribution is 2.54. The van der Waals surface area contributed by atoms with Crippen molar-refractivity contribution in [2.24, 2.45) is 0 Å². The summed E-state index contributed by atoms with van der Waals surface area (Å²) in [4.78, 5) is 17.9. The Labute approximate surface area is 181 Å². The summed E-state index contributed by atoms with van der Waals surface area (Å²) in [7, 11) is 0. The molecule has 3 aliphatic rings. The van der Waals surface area contributed by atoms with Gasteiger partial charge in [-0.1, -0.05) is 91.0 Å². The minimum atomic E-state index is -0.906. The molecular weight excluding hydrogens is 388 g/mol. The minimum Gasteiger partial charge on any atom is -0.372 e. The lowest BCUT2D eigenvalue weighted by molar-refractivity contribution is -0.247. The van der Waals surface area contributed by atoms with Crippen LogP contribution in [0.2, 0.25) is 0 Å². The topological polar surface area (TPSA) is 42.0 Å². The average molecular weight is 412 g/mol. The SMILES string of the molecule is O=C1[C@H]2O[C@]3(COC[C@@H](c4ccccc4)N13)N(Cc1ccccc1)[C@@H]2c1ccccc1. The molecule has 5 nitrogen and oxygen atoms in total. The molecule has 3 aromatic carbocycles. The number of fused-ring (bicyclic) bond motifs is 1. The molecule has 3 fully saturated rings. The molecule has 0 N–H and O–H groups in total. The fourth-order valence-electron chi connectivity index (χ4n) is 5.30. The number of nitrogens with zero attached hydrogens (tertiary/aromatic N) is 2. The van der Waals surface area contributed by atoms with Crippen molar-refractivity contribution in [3.05, 3.63) is 108 Å². The Hall–Kier alpha value is -2.99. The molecule has 6 rings (SSSR count). The van der Waals surface area contributed by atoms with Crippen LogP contribution in [0.5, 0.6) is 0 Å². The molecule has 31 heavy (non-hydrogen) atoms. The van der Waals surface area contributed by atoms with Crippen LogP contribution in [0.25, 0.3) is 0 Å². The summed E-state index contributed by atoms with van der Waals surface area (Å²) in [6.07, 6.45) is -0.543. The lowest BCUT2D eigenvalue weighted by atomic mass is 9.93. The summed E-state index contributed by atoms with van der Waals surface area (Å²) in [5.41, 5.74) is 3.35. The number of carbonyl (C=O) groups excluding carboxylic acids is 1. The van der Waals surface area contributed by atoms with Crippen molar-refractivity contribution >= 4 is 5.91 Å². The van der Waals surface area contributed by atoms with Gasteiger partial charge in [0.15, 0.2) is 6.10 Å². The van der Waals surface area contributed by atoms with Crippen LogP contribution in [0.4, 0.5) is 0 Å². The van der Waals surface area contributed by atoms with E-state index < -0.39 is 12.0 Å². The molecule has 5 heteroatoms. The van der Waals surface area contributed by atoms with Gasteiger partial charge < -0.3 is 9.47 Å². The quantitative estimate of drug-likeness (QED) is 0.652. The molecule has 1 amide bonds. The van der Waals surface area contributed by atoms with Gasteiger partial charge in [-0.2, -0.15) is 0 Å². The first-order valence-corrected chi connectivity index (χ1v) is 10.8. The smallest absolute Gasteiger partial charge is 0.257 e. The summed E-state index contributed by atoms with van der Waals surface area (Å²) < 4.78 is 12.7. The molecule has 156 valence electrons. The molecule has 2 bridgehead atoms. The maximum absolute atomic E-state index is 13.7. The van der Waals surface area contributed by atoms with Crippen LogP contribution in [0.1, 0.15) is 28.8 Å². The zero-order valence-corrected chi connectivity index (χ0v) is 17.1. The lowest BCUT2D eigenvalue weighted by Gasteiger charge is -2.52. The van der Waals surface area contributed by atoms with Crippen molar-refractivity contribution in [1.29, 1.82) is 0 Å². The Morgan fingerprint density at radius 3 is 2.13 bits per heavy atom. The normalized spacial score (nSPS) is 29.9. The van der Waals surface area contributed by atoms with Gasteiger partial charge in [0.1, 0.15) is 6.61 Å². The predicted octanol–water partition coefficient (Wildman–Crippen LogP) is 3.90. The third kappa shape index (κ3) is 2.85. The number of benzene rings is 3. The first-order chi connectivity index (χ1) is 15.3. The van der Waals surface area contributed by atoms with E-state index >= 15 is 0 Å². The average Bonchev–Trinajstić information content (AvgIpc) is 3.30. The summed E-state index contributed by atoms with van der Waals surface area (Å²) in [6, 6.07) is 30.4. The highest BCUT2D eigenvalue weighted by molar-refractivity contribution is 5.86. The van der Waals surface area contributed by atoms with Crippen molar-refractivity contribution in [1.82, 2.24) is 9.80 Å². The van der Waals surface area contributed by atoms with Gasteiger partial charge in [0, 0.05) is 6.54 Å². The zero-order valence-electron chi connectivity index (χ0n) is 17.1. The Balaban J connectivity index is 1.45. The molecule has 3 heterocycles. The molecule has 4 atom stereocenters. The maximum atomic E-state index is 13.7. The van der Waals surface area contributed by atoms with E-state index in [2.05, 4.69) is 41.3 Å². The van der Waals surface area contributed by atoms with E-state index in [9.17, 15) is 4.79 Å². The van der Waals surface area contributed by atoms with E-state index in [1.54, 1.807) is 0 Å². The van der Waals surface area contributed by atoms with E-state index in [0.29, 0.717) is 19.8 Å². The number of amides is 1. The van der Waals surface area contributed by atoms with Crippen LogP contribution in [0.3, 0.4) is 0 Å². The Morgan fingerprint density at radius 1 is 0.839 bits per heavy atom. The van der Waals surface area contributed by atoms with Gasteiger partial charge in [-0.25, -0.2) is 4.90 Å². The number of hydrogen-bond donors (Lipinski definition) is 0. The molecule has 0 radical (unpaired) electrons. The second-order valence-electron chi connectivity index (χ2n) is 8.40. The van der Waals surface area contributed by atoms with Crippen LogP contribution < -0.4 is 0 Å². The molecule has 3 aliphatic heterocycles. The van der Waals surface area contributed by atoms with E-state index in [0.717, 1.165) is 11.1 Å². The van der Waals surface area contributed by atoms with Crippen molar-refractivity contribution in [3.63, 3.8) is 0 Å². The van der Waals surface area contributed by atoms with E-state index in [-0.39, 0.29) is 18.0 Å². The maximum Gasteiger partial charge on any atom is 0.257 e. The van der Waals surface area contributed by atoms with Crippen LogP contribution in [0.15, 0.2) is 91.0 Å². The van der Waals surface area contributed by atoms with Crippen LogP contribution in [0, 0.1) is 0 Å². The van der Waals surface area contributed by atoms with Crippen molar-refractivity contribution in [3.8, 4) is 0 Å². The van der Waals surface area contributed by atoms with E-state index in [1.165, 1.54) is 5.56 Å². The van der Waals surface area contributed by atoms with Crippen LogP contribution >= 0.6 is 0 Å². The zero-order chi connectivity index (χ0) is 20.8. The van der Waals surface area contributed by atoms with Gasteiger partial charge in [-0.15, -0.1) is 0 Å². The number of rotatable bonds is 4. The fraction of sp³-hybridized carbons (Fsp3) is 0.269. The predicted molar refractivity (Wildman–Crippen MR) is 116 cm³/mol. The highest BCUT2D eigenvalue weighted by Gasteiger charge is 2.69. The minimum absolute atomic E-state index is 0.0512. The van der Waals surface area contributed by atoms with E-state index in [4.69, 9.17) is 9.47 Å². The number of hydrogen-bond acceptors (Lipinski definition) is 4.